The van der Waals surface area contributed by atoms with E-state index in [4.69, 9.17) is 12.2 Å². The van der Waals surface area contributed by atoms with Crippen LogP contribution in [0.2, 0.25) is 0 Å². The molecule has 5 rings (SSSR count). The van der Waals surface area contributed by atoms with Crippen LogP contribution in [0, 0.1) is 27.7 Å². The van der Waals surface area contributed by atoms with E-state index in [2.05, 4.69) is 77.0 Å². The van der Waals surface area contributed by atoms with E-state index in [1.165, 1.54) is 33.8 Å². The fourth-order valence-electron chi connectivity index (χ4n) is 5.91. The first-order valence-electron chi connectivity index (χ1n) is 13.9. The first-order chi connectivity index (χ1) is 19.3. The van der Waals surface area contributed by atoms with Crippen molar-refractivity contribution in [2.24, 2.45) is 0 Å². The Morgan fingerprint density at radius 1 is 1.02 bits per heavy atom. The molecule has 0 radical (unpaired) electrons. The van der Waals surface area contributed by atoms with Crippen LogP contribution in [0.25, 0.3) is 5.69 Å². The minimum Gasteiger partial charge on any atom is -0.352 e. The van der Waals surface area contributed by atoms with E-state index < -0.39 is 0 Å². The number of para-hydroxylation sites is 1. The van der Waals surface area contributed by atoms with Crippen molar-refractivity contribution in [1.82, 2.24) is 19.8 Å². The number of carbonyl (C=O) groups excluding carboxylic acids is 1. The predicted molar refractivity (Wildman–Crippen MR) is 166 cm³/mol. The van der Waals surface area contributed by atoms with Crippen molar-refractivity contribution < 1.29 is 4.79 Å². The number of benzene rings is 2. The van der Waals surface area contributed by atoms with E-state index in [1.54, 1.807) is 0 Å². The lowest BCUT2D eigenvalue weighted by atomic mass is 9.96. The molecule has 1 aliphatic heterocycles. The molecule has 0 spiro atoms. The molecule has 206 valence electrons. The van der Waals surface area contributed by atoms with Crippen LogP contribution in [-0.4, -0.2) is 32.0 Å². The number of hydrogen-bond acceptors (Lipinski definition) is 3. The van der Waals surface area contributed by atoms with Crippen molar-refractivity contribution in [2.75, 3.05) is 11.9 Å². The number of amides is 1. The monoisotopic (exact) mass is 551 g/mol. The molecule has 0 aliphatic carbocycles. The Morgan fingerprint density at radius 3 is 2.55 bits per heavy atom. The zero-order valence-electron chi connectivity index (χ0n) is 23.9. The molecule has 2 aromatic heterocycles. The molecule has 2 N–H and O–H groups in total. The molecule has 3 heterocycles. The summed E-state index contributed by atoms with van der Waals surface area (Å²) < 4.78 is 2.38. The van der Waals surface area contributed by atoms with Gasteiger partial charge in [-0.25, -0.2) is 0 Å². The molecule has 40 heavy (non-hydrogen) atoms. The van der Waals surface area contributed by atoms with E-state index in [1.807, 2.05) is 55.6 Å². The van der Waals surface area contributed by atoms with Crippen LogP contribution in [-0.2, 0) is 11.2 Å². The second-order valence-electron chi connectivity index (χ2n) is 10.6. The highest BCUT2D eigenvalue weighted by atomic mass is 32.1. The molecule has 0 bridgehead atoms. The van der Waals surface area contributed by atoms with Gasteiger partial charge in [0.25, 0.3) is 0 Å². The van der Waals surface area contributed by atoms with Crippen LogP contribution >= 0.6 is 12.2 Å². The smallest absolute Gasteiger partial charge is 0.226 e. The Balaban J connectivity index is 1.51. The third kappa shape index (κ3) is 5.39. The molecule has 4 aromatic rings. The van der Waals surface area contributed by atoms with Gasteiger partial charge in [0.15, 0.2) is 5.11 Å². The van der Waals surface area contributed by atoms with Crippen molar-refractivity contribution in [2.45, 2.75) is 59.5 Å². The molecule has 7 heteroatoms. The second-order valence-corrected chi connectivity index (χ2v) is 11.0. The van der Waals surface area contributed by atoms with E-state index >= 15 is 0 Å². The molecular formula is C33H37N5OS. The highest BCUT2D eigenvalue weighted by Gasteiger charge is 2.41. The number of pyridine rings is 1. The second kappa shape index (κ2) is 11.6. The summed E-state index contributed by atoms with van der Waals surface area (Å²) in [5.74, 6) is -0.0357. The lowest BCUT2D eigenvalue weighted by molar-refractivity contribution is -0.116. The van der Waals surface area contributed by atoms with E-state index in [0.29, 0.717) is 18.1 Å². The maximum atomic E-state index is 13.0. The summed E-state index contributed by atoms with van der Waals surface area (Å²) in [6.07, 6.45) is 3.09. The van der Waals surface area contributed by atoms with Gasteiger partial charge < -0.3 is 20.1 Å². The number of aromatic nitrogens is 2. The van der Waals surface area contributed by atoms with Crippen LogP contribution in [0.3, 0.4) is 0 Å². The highest BCUT2D eigenvalue weighted by Crippen LogP contribution is 2.42. The minimum atomic E-state index is -0.134. The molecule has 0 unspecified atom stereocenters. The van der Waals surface area contributed by atoms with Crippen LogP contribution in [0.15, 0.2) is 72.9 Å². The van der Waals surface area contributed by atoms with E-state index in [0.717, 1.165) is 23.4 Å². The molecule has 0 saturated carbocycles. The van der Waals surface area contributed by atoms with E-state index in [-0.39, 0.29) is 18.0 Å². The molecule has 2 atom stereocenters. The number of rotatable bonds is 8. The van der Waals surface area contributed by atoms with Gasteiger partial charge in [-0.05, 0) is 98.9 Å². The molecule has 1 saturated heterocycles. The first-order valence-corrected chi connectivity index (χ1v) is 14.3. The summed E-state index contributed by atoms with van der Waals surface area (Å²) in [5, 5.41) is 7.21. The quantitative estimate of drug-likeness (QED) is 0.240. The van der Waals surface area contributed by atoms with Gasteiger partial charge in [0.05, 0.1) is 23.5 Å². The summed E-state index contributed by atoms with van der Waals surface area (Å²) in [7, 11) is 0. The topological polar surface area (TPSA) is 62.2 Å². The van der Waals surface area contributed by atoms with E-state index in [9.17, 15) is 4.79 Å². The van der Waals surface area contributed by atoms with Crippen molar-refractivity contribution in [3.8, 4) is 5.69 Å². The maximum Gasteiger partial charge on any atom is 0.226 e. The Morgan fingerprint density at radius 2 is 1.82 bits per heavy atom. The van der Waals surface area contributed by atoms with Gasteiger partial charge in [-0.2, -0.15) is 0 Å². The highest BCUT2D eigenvalue weighted by molar-refractivity contribution is 7.80. The van der Waals surface area contributed by atoms with Gasteiger partial charge in [0.2, 0.25) is 5.91 Å². The number of thiocarbonyl (C=S) groups is 1. The molecule has 6 nitrogen and oxygen atoms in total. The van der Waals surface area contributed by atoms with Gasteiger partial charge in [-0.3, -0.25) is 9.78 Å². The number of nitrogens with zero attached hydrogens (tertiary/aromatic N) is 3. The number of hydrogen-bond donors (Lipinski definition) is 2. The SMILES string of the molecule is CCc1cccc(C)c1-n1c(C)cc([C@@H]2[C@H](c3ccccn3)NC(=S)N2CCC(=O)Nc2cccc(C)c2)c1C. The first kappa shape index (κ1) is 27.6. The summed E-state index contributed by atoms with van der Waals surface area (Å²) in [5.41, 5.74) is 10.2. The number of carbonyl (C=O) groups is 1. The minimum absolute atomic E-state index is 0.0357. The number of nitrogens with one attached hydrogen (secondary N) is 2. The van der Waals surface area contributed by atoms with Crippen LogP contribution < -0.4 is 10.6 Å². The summed E-state index contributed by atoms with van der Waals surface area (Å²) in [6, 6.07) is 22.4. The van der Waals surface area contributed by atoms with Gasteiger partial charge >= 0.3 is 0 Å². The molecule has 2 aromatic carbocycles. The fourth-order valence-corrected chi connectivity index (χ4v) is 6.24. The maximum absolute atomic E-state index is 13.0. The van der Waals surface area contributed by atoms with Gasteiger partial charge in [-0.1, -0.05) is 43.3 Å². The number of aryl methyl sites for hydroxylation is 4. The summed E-state index contributed by atoms with van der Waals surface area (Å²) in [4.78, 5) is 19.8. The summed E-state index contributed by atoms with van der Waals surface area (Å²) in [6.45, 7) is 11.2. The van der Waals surface area contributed by atoms with Crippen molar-refractivity contribution in [1.29, 1.82) is 0 Å². The third-order valence-electron chi connectivity index (χ3n) is 7.79. The molecular weight excluding hydrogens is 514 g/mol. The van der Waals surface area contributed by atoms with Crippen LogP contribution in [0.5, 0.6) is 0 Å². The Kier molecular flexibility index (Phi) is 8.03. The fraction of sp³-hybridized carbons (Fsp3) is 0.303. The standard InChI is InChI=1S/C33H37N5OS/c1-6-25-13-10-12-22(3)31(25)38-23(4)20-27(24(38)5)32-30(28-15-7-8-17-34-28)36-33(40)37(32)18-16-29(39)35-26-14-9-11-21(2)19-26/h7-15,17,19-20,30,32H,6,16,18H2,1-5H3,(H,35,39)(H,36,40)/t30-,32+/m0/s1. The van der Waals surface area contributed by atoms with Crippen molar-refractivity contribution in [3.05, 3.63) is 112 Å². The summed E-state index contributed by atoms with van der Waals surface area (Å²) >= 11 is 5.88. The van der Waals surface area contributed by atoms with Crippen molar-refractivity contribution in [3.63, 3.8) is 0 Å². The van der Waals surface area contributed by atoms with Crippen molar-refractivity contribution >= 4 is 28.9 Å². The Hall–Kier alpha value is -3.97. The predicted octanol–water partition coefficient (Wildman–Crippen LogP) is 6.67. The lowest BCUT2D eigenvalue weighted by Gasteiger charge is -2.28. The van der Waals surface area contributed by atoms with Gasteiger partial charge in [0, 0.05) is 36.2 Å². The van der Waals surface area contributed by atoms with Gasteiger partial charge in [0.1, 0.15) is 0 Å². The molecule has 1 aliphatic rings. The van der Waals surface area contributed by atoms with Crippen LogP contribution in [0.1, 0.15) is 64.8 Å². The largest absolute Gasteiger partial charge is 0.352 e. The lowest BCUT2D eigenvalue weighted by Crippen LogP contribution is -2.33. The number of anilines is 1. The average molecular weight is 552 g/mol. The third-order valence-corrected chi connectivity index (χ3v) is 8.15. The Bertz CT molecular complexity index is 1540. The zero-order valence-corrected chi connectivity index (χ0v) is 24.7. The zero-order chi connectivity index (χ0) is 28.4. The van der Waals surface area contributed by atoms with Gasteiger partial charge in [-0.15, -0.1) is 0 Å². The molecule has 1 amide bonds. The molecule has 1 fully saturated rings. The Labute approximate surface area is 242 Å². The average Bonchev–Trinajstić information content (AvgIpc) is 3.42. The van der Waals surface area contributed by atoms with Crippen LogP contribution in [0.4, 0.5) is 5.69 Å². The normalized spacial score (nSPS) is 16.7.